The predicted molar refractivity (Wildman–Crippen MR) is 97.8 cm³/mol. The first-order chi connectivity index (χ1) is 12.6. The zero-order chi connectivity index (χ0) is 18.1. The molecule has 0 spiro atoms. The predicted octanol–water partition coefficient (Wildman–Crippen LogP) is 0.892. The maximum atomic E-state index is 12.8. The van der Waals surface area contributed by atoms with E-state index in [0.717, 1.165) is 57.6 Å². The van der Waals surface area contributed by atoms with Crippen molar-refractivity contribution in [3.63, 3.8) is 0 Å². The lowest BCUT2D eigenvalue weighted by Crippen LogP contribution is -2.47. The highest BCUT2D eigenvalue weighted by Gasteiger charge is 2.31. The summed E-state index contributed by atoms with van der Waals surface area (Å²) in [6.45, 7) is 3.97. The number of rotatable bonds is 3. The molecule has 1 unspecified atom stereocenters. The summed E-state index contributed by atoms with van der Waals surface area (Å²) in [7, 11) is 2.08. The molecule has 1 aliphatic carbocycles. The Labute approximate surface area is 154 Å². The summed E-state index contributed by atoms with van der Waals surface area (Å²) in [5.41, 5.74) is 1.59. The van der Waals surface area contributed by atoms with E-state index >= 15 is 0 Å². The molecule has 26 heavy (non-hydrogen) atoms. The number of carbonyl (C=O) groups is 2. The Balaban J connectivity index is 1.40. The summed E-state index contributed by atoms with van der Waals surface area (Å²) >= 11 is 0. The number of hydrogen-bond donors (Lipinski definition) is 1. The number of aromatic nitrogens is 2. The number of hydrogen-bond acceptors (Lipinski definition) is 4. The zero-order valence-corrected chi connectivity index (χ0v) is 15.6. The summed E-state index contributed by atoms with van der Waals surface area (Å²) < 4.78 is 2.02. The fraction of sp³-hybridized carbons (Fsp3) is 0.737. The third kappa shape index (κ3) is 3.49. The van der Waals surface area contributed by atoms with E-state index in [1.165, 1.54) is 12.8 Å². The molecule has 1 atom stereocenters. The third-order valence-electron chi connectivity index (χ3n) is 6.16. The van der Waals surface area contributed by atoms with Crippen LogP contribution in [0.4, 0.5) is 0 Å². The second-order valence-corrected chi connectivity index (χ2v) is 8.01. The van der Waals surface area contributed by atoms with Crippen molar-refractivity contribution in [3.8, 4) is 0 Å². The minimum atomic E-state index is -0.0103. The highest BCUT2D eigenvalue weighted by molar-refractivity contribution is 5.93. The lowest BCUT2D eigenvalue weighted by molar-refractivity contribution is -0.126. The van der Waals surface area contributed by atoms with E-state index in [9.17, 15) is 9.59 Å². The van der Waals surface area contributed by atoms with Gasteiger partial charge in [0.1, 0.15) is 5.69 Å². The van der Waals surface area contributed by atoms with Crippen LogP contribution in [0, 0.1) is 5.92 Å². The van der Waals surface area contributed by atoms with Crippen LogP contribution in [-0.4, -0.2) is 70.4 Å². The molecular weight excluding hydrogens is 330 g/mol. The summed E-state index contributed by atoms with van der Waals surface area (Å²) in [6, 6.07) is 0.362. The summed E-state index contributed by atoms with van der Waals surface area (Å²) in [5.74, 6) is 0.202. The van der Waals surface area contributed by atoms with Gasteiger partial charge in [0.2, 0.25) is 5.91 Å². The normalized spacial score (nSPS) is 24.5. The fourth-order valence-electron chi connectivity index (χ4n) is 4.41. The van der Waals surface area contributed by atoms with Crippen LogP contribution < -0.4 is 5.32 Å². The van der Waals surface area contributed by atoms with Crippen LogP contribution in [0.2, 0.25) is 0 Å². The Morgan fingerprint density at radius 3 is 2.58 bits per heavy atom. The molecule has 3 heterocycles. The summed E-state index contributed by atoms with van der Waals surface area (Å²) in [5, 5.41) is 3.21. The van der Waals surface area contributed by atoms with Crippen LogP contribution in [0.25, 0.3) is 0 Å². The fourth-order valence-corrected chi connectivity index (χ4v) is 4.41. The van der Waals surface area contributed by atoms with Crippen molar-refractivity contribution in [3.05, 3.63) is 17.7 Å². The van der Waals surface area contributed by atoms with Gasteiger partial charge in [0.25, 0.3) is 5.91 Å². The minimum absolute atomic E-state index is 0.0103. The van der Waals surface area contributed by atoms with Gasteiger partial charge in [0, 0.05) is 38.8 Å². The number of amides is 2. The van der Waals surface area contributed by atoms with Crippen LogP contribution >= 0.6 is 0 Å². The Hall–Kier alpha value is -1.89. The average Bonchev–Trinajstić information content (AvgIpc) is 3.30. The third-order valence-corrected chi connectivity index (χ3v) is 6.16. The summed E-state index contributed by atoms with van der Waals surface area (Å²) in [4.78, 5) is 34.0. The molecule has 2 aliphatic heterocycles. The smallest absolute Gasteiger partial charge is 0.274 e. The van der Waals surface area contributed by atoms with Crippen molar-refractivity contribution in [2.75, 3.05) is 33.2 Å². The van der Waals surface area contributed by atoms with Crippen LogP contribution in [0.3, 0.4) is 0 Å². The molecule has 2 amide bonds. The quantitative estimate of drug-likeness (QED) is 0.870. The van der Waals surface area contributed by atoms with Crippen molar-refractivity contribution in [1.29, 1.82) is 0 Å². The number of imidazole rings is 1. The molecule has 0 bridgehead atoms. The Bertz CT molecular complexity index is 671. The van der Waals surface area contributed by atoms with E-state index < -0.39 is 0 Å². The molecule has 1 aromatic rings. The molecule has 0 aromatic carbocycles. The molecule has 142 valence electrons. The second-order valence-electron chi connectivity index (χ2n) is 8.01. The largest absolute Gasteiger partial charge is 0.353 e. The Kier molecular flexibility index (Phi) is 4.98. The molecule has 1 aromatic heterocycles. The monoisotopic (exact) mass is 359 g/mol. The maximum absolute atomic E-state index is 12.8. The Morgan fingerprint density at radius 2 is 1.85 bits per heavy atom. The molecule has 3 aliphatic rings. The van der Waals surface area contributed by atoms with Gasteiger partial charge in [-0.3, -0.25) is 9.59 Å². The first-order valence-corrected chi connectivity index (χ1v) is 9.94. The molecule has 1 N–H and O–H groups in total. The van der Waals surface area contributed by atoms with Crippen molar-refractivity contribution < 1.29 is 9.59 Å². The van der Waals surface area contributed by atoms with E-state index in [0.29, 0.717) is 18.3 Å². The minimum Gasteiger partial charge on any atom is -0.353 e. The molecule has 0 radical (unpaired) electrons. The molecular formula is C19H29N5O2. The van der Waals surface area contributed by atoms with Crippen LogP contribution in [0.5, 0.6) is 0 Å². The second kappa shape index (κ2) is 7.39. The van der Waals surface area contributed by atoms with E-state index in [1.54, 1.807) is 6.33 Å². The first-order valence-electron chi connectivity index (χ1n) is 9.94. The number of nitrogens with zero attached hydrogens (tertiary/aromatic N) is 4. The van der Waals surface area contributed by atoms with E-state index in [1.807, 2.05) is 9.47 Å². The van der Waals surface area contributed by atoms with Gasteiger partial charge >= 0.3 is 0 Å². The van der Waals surface area contributed by atoms with Crippen LogP contribution in [0.15, 0.2) is 6.33 Å². The highest BCUT2D eigenvalue weighted by atomic mass is 16.2. The van der Waals surface area contributed by atoms with Crippen molar-refractivity contribution in [2.45, 2.75) is 51.1 Å². The van der Waals surface area contributed by atoms with Crippen molar-refractivity contribution in [2.24, 2.45) is 5.92 Å². The lowest BCUT2D eigenvalue weighted by Gasteiger charge is -2.32. The number of nitrogens with one attached hydrogen (secondary N) is 1. The van der Waals surface area contributed by atoms with Crippen LogP contribution in [0.1, 0.15) is 48.3 Å². The molecule has 1 saturated carbocycles. The van der Waals surface area contributed by atoms with Gasteiger partial charge in [-0.05, 0) is 32.7 Å². The topological polar surface area (TPSA) is 70.5 Å². The number of piperazine rings is 1. The van der Waals surface area contributed by atoms with Gasteiger partial charge in [-0.1, -0.05) is 12.8 Å². The molecule has 1 saturated heterocycles. The van der Waals surface area contributed by atoms with Gasteiger partial charge < -0.3 is 19.7 Å². The first kappa shape index (κ1) is 17.5. The van der Waals surface area contributed by atoms with Gasteiger partial charge in [-0.15, -0.1) is 0 Å². The molecule has 2 fully saturated rings. The molecule has 7 heteroatoms. The van der Waals surface area contributed by atoms with Gasteiger partial charge in [-0.2, -0.15) is 0 Å². The van der Waals surface area contributed by atoms with Gasteiger partial charge in [0.15, 0.2) is 0 Å². The van der Waals surface area contributed by atoms with E-state index in [-0.39, 0.29) is 17.7 Å². The van der Waals surface area contributed by atoms with E-state index in [4.69, 9.17) is 0 Å². The highest BCUT2D eigenvalue weighted by Crippen LogP contribution is 2.25. The Morgan fingerprint density at radius 1 is 1.12 bits per heavy atom. The zero-order valence-electron chi connectivity index (χ0n) is 15.6. The average molecular weight is 359 g/mol. The summed E-state index contributed by atoms with van der Waals surface area (Å²) in [6.07, 6.45) is 7.95. The lowest BCUT2D eigenvalue weighted by atomic mass is 9.95. The molecule has 4 rings (SSSR count). The maximum Gasteiger partial charge on any atom is 0.274 e. The number of fused-ring (bicyclic) bond motifs is 1. The van der Waals surface area contributed by atoms with E-state index in [2.05, 4.69) is 22.2 Å². The number of likely N-dealkylation sites (N-methyl/N-ethyl adjacent to an activating group) is 1. The standard InChI is InChI=1S/C19H29N5O2/c1-22-8-10-23(11-9-22)19(26)17-16-7-6-14(12-24(16)13-20-17)18(25)21-15-4-2-3-5-15/h13-15H,2-12H2,1H3,(H,21,25). The van der Waals surface area contributed by atoms with Crippen molar-refractivity contribution in [1.82, 2.24) is 24.7 Å². The van der Waals surface area contributed by atoms with Crippen molar-refractivity contribution >= 4 is 11.8 Å². The van der Waals surface area contributed by atoms with Gasteiger partial charge in [0.05, 0.1) is 17.9 Å². The van der Waals surface area contributed by atoms with Crippen LogP contribution in [-0.2, 0) is 17.8 Å². The van der Waals surface area contributed by atoms with Gasteiger partial charge in [-0.25, -0.2) is 4.98 Å². The SMILES string of the molecule is CN1CCN(C(=O)c2ncn3c2CCC(C(=O)NC2CCCC2)C3)CC1. The number of carbonyl (C=O) groups excluding carboxylic acids is 2. The molecule has 7 nitrogen and oxygen atoms in total.